The van der Waals surface area contributed by atoms with Crippen LogP contribution in [0.5, 0.6) is 0 Å². The van der Waals surface area contributed by atoms with E-state index in [2.05, 4.69) is 53.6 Å². The first-order chi connectivity index (χ1) is 8.22. The minimum atomic E-state index is 0.825. The molecule has 0 radical (unpaired) electrons. The maximum atomic E-state index is 4.21. The third-order valence-electron chi connectivity index (χ3n) is 3.13. The second-order valence-electron chi connectivity index (χ2n) is 4.28. The number of aromatic nitrogens is 2. The van der Waals surface area contributed by atoms with Gasteiger partial charge >= 0.3 is 0 Å². The van der Waals surface area contributed by atoms with Crippen molar-refractivity contribution in [1.29, 1.82) is 0 Å². The lowest BCUT2D eigenvalue weighted by Gasteiger charge is -2.10. The lowest BCUT2D eigenvalue weighted by molar-refractivity contribution is 1.02. The quantitative estimate of drug-likeness (QED) is 0.845. The van der Waals surface area contributed by atoms with Gasteiger partial charge in [-0.1, -0.05) is 25.1 Å². The Morgan fingerprint density at radius 1 is 1.24 bits per heavy atom. The number of para-hydroxylation sites is 1. The first-order valence-corrected chi connectivity index (χ1v) is 6.04. The Labute approximate surface area is 102 Å². The zero-order valence-electron chi connectivity index (χ0n) is 10.7. The minimum absolute atomic E-state index is 0.825. The number of anilines is 1. The van der Waals surface area contributed by atoms with Crippen LogP contribution in [0.1, 0.15) is 29.4 Å². The van der Waals surface area contributed by atoms with Crippen LogP contribution in [0.25, 0.3) is 0 Å². The minimum Gasteiger partial charge on any atom is -0.381 e. The molecular formula is C14H19N3. The van der Waals surface area contributed by atoms with Crippen molar-refractivity contribution in [2.75, 3.05) is 5.32 Å². The third kappa shape index (κ3) is 2.49. The van der Waals surface area contributed by atoms with E-state index in [1.165, 1.54) is 16.8 Å². The molecule has 3 heteroatoms. The number of nitrogens with one attached hydrogen (secondary N) is 2. The van der Waals surface area contributed by atoms with E-state index in [4.69, 9.17) is 0 Å². The van der Waals surface area contributed by atoms with Crippen molar-refractivity contribution < 1.29 is 0 Å². The molecule has 0 bridgehead atoms. The number of aryl methyl sites for hydroxylation is 3. The fraction of sp³-hybridized carbons (Fsp3) is 0.357. The molecule has 0 aliphatic rings. The number of hydrogen-bond donors (Lipinski definition) is 2. The highest BCUT2D eigenvalue weighted by molar-refractivity contribution is 5.51. The van der Waals surface area contributed by atoms with Crippen molar-refractivity contribution in [3.8, 4) is 0 Å². The standard InChI is InChI=1S/C14H19N3/c1-4-12-7-5-6-8-14(12)15-9-13-10(2)16-17-11(13)3/h5-8,15H,4,9H2,1-3H3,(H,16,17). The van der Waals surface area contributed by atoms with Gasteiger partial charge in [0.1, 0.15) is 0 Å². The SMILES string of the molecule is CCc1ccccc1NCc1c(C)n[nH]c1C. The lowest BCUT2D eigenvalue weighted by atomic mass is 10.1. The summed E-state index contributed by atoms with van der Waals surface area (Å²) in [6, 6.07) is 8.44. The Morgan fingerprint density at radius 2 is 2.00 bits per heavy atom. The Balaban J connectivity index is 2.12. The molecule has 0 saturated heterocycles. The van der Waals surface area contributed by atoms with Crippen LogP contribution in [0.4, 0.5) is 5.69 Å². The van der Waals surface area contributed by atoms with Gasteiger partial charge in [-0.15, -0.1) is 0 Å². The van der Waals surface area contributed by atoms with Gasteiger partial charge in [0.15, 0.2) is 0 Å². The van der Waals surface area contributed by atoms with Crippen molar-refractivity contribution in [3.63, 3.8) is 0 Å². The summed E-state index contributed by atoms with van der Waals surface area (Å²) in [7, 11) is 0. The van der Waals surface area contributed by atoms with E-state index < -0.39 is 0 Å². The van der Waals surface area contributed by atoms with Gasteiger partial charge in [0.25, 0.3) is 0 Å². The summed E-state index contributed by atoms with van der Waals surface area (Å²) in [5.41, 5.74) is 6.05. The normalized spacial score (nSPS) is 10.5. The van der Waals surface area contributed by atoms with Gasteiger partial charge in [0, 0.05) is 23.5 Å². The zero-order valence-corrected chi connectivity index (χ0v) is 10.7. The predicted molar refractivity (Wildman–Crippen MR) is 71.2 cm³/mol. The topological polar surface area (TPSA) is 40.7 Å². The summed E-state index contributed by atoms with van der Waals surface area (Å²) in [5, 5.41) is 10.7. The molecule has 0 fully saturated rings. The molecule has 0 aliphatic carbocycles. The van der Waals surface area contributed by atoms with Gasteiger partial charge in [-0.05, 0) is 31.9 Å². The molecule has 1 aromatic carbocycles. The number of benzene rings is 1. The summed E-state index contributed by atoms with van der Waals surface area (Å²) >= 11 is 0. The molecule has 1 heterocycles. The number of rotatable bonds is 4. The zero-order chi connectivity index (χ0) is 12.3. The number of hydrogen-bond acceptors (Lipinski definition) is 2. The van der Waals surface area contributed by atoms with Crippen LogP contribution in [-0.4, -0.2) is 10.2 Å². The first kappa shape index (κ1) is 11.7. The maximum absolute atomic E-state index is 4.21. The molecule has 0 atom stereocenters. The van der Waals surface area contributed by atoms with Crippen LogP contribution < -0.4 is 5.32 Å². The monoisotopic (exact) mass is 229 g/mol. The summed E-state index contributed by atoms with van der Waals surface area (Å²) in [4.78, 5) is 0. The molecular weight excluding hydrogens is 210 g/mol. The first-order valence-electron chi connectivity index (χ1n) is 6.04. The van der Waals surface area contributed by atoms with E-state index in [9.17, 15) is 0 Å². The van der Waals surface area contributed by atoms with Crippen LogP contribution in [-0.2, 0) is 13.0 Å². The van der Waals surface area contributed by atoms with Crippen LogP contribution >= 0.6 is 0 Å². The van der Waals surface area contributed by atoms with E-state index in [0.717, 1.165) is 24.4 Å². The smallest absolute Gasteiger partial charge is 0.0643 e. The largest absolute Gasteiger partial charge is 0.381 e. The van der Waals surface area contributed by atoms with Gasteiger partial charge in [-0.25, -0.2) is 0 Å². The molecule has 2 N–H and O–H groups in total. The molecule has 0 unspecified atom stereocenters. The molecule has 0 amide bonds. The lowest BCUT2D eigenvalue weighted by Crippen LogP contribution is -2.03. The molecule has 1 aromatic heterocycles. The van der Waals surface area contributed by atoms with Gasteiger partial charge in [-0.2, -0.15) is 5.10 Å². The van der Waals surface area contributed by atoms with Crippen molar-refractivity contribution in [2.24, 2.45) is 0 Å². The van der Waals surface area contributed by atoms with Gasteiger partial charge < -0.3 is 5.32 Å². The summed E-state index contributed by atoms with van der Waals surface area (Å²) in [6.45, 7) is 7.09. The Hall–Kier alpha value is -1.77. The van der Waals surface area contributed by atoms with Crippen molar-refractivity contribution in [2.45, 2.75) is 33.7 Å². The summed E-state index contributed by atoms with van der Waals surface area (Å²) in [5.74, 6) is 0. The van der Waals surface area contributed by atoms with Crippen molar-refractivity contribution in [1.82, 2.24) is 10.2 Å². The van der Waals surface area contributed by atoms with Crippen LogP contribution in [0.3, 0.4) is 0 Å². The highest BCUT2D eigenvalue weighted by atomic mass is 15.1. The van der Waals surface area contributed by atoms with Gasteiger partial charge in [0.05, 0.1) is 5.69 Å². The third-order valence-corrected chi connectivity index (χ3v) is 3.13. The Bertz CT molecular complexity index is 480. The Morgan fingerprint density at radius 3 is 2.65 bits per heavy atom. The van der Waals surface area contributed by atoms with Gasteiger partial charge in [0.2, 0.25) is 0 Å². The molecule has 0 saturated carbocycles. The van der Waals surface area contributed by atoms with Crippen LogP contribution in [0.15, 0.2) is 24.3 Å². The molecule has 90 valence electrons. The summed E-state index contributed by atoms with van der Waals surface area (Å²) in [6.07, 6.45) is 1.05. The average molecular weight is 229 g/mol. The maximum Gasteiger partial charge on any atom is 0.0643 e. The van der Waals surface area contributed by atoms with Crippen molar-refractivity contribution >= 4 is 5.69 Å². The van der Waals surface area contributed by atoms with E-state index in [1.54, 1.807) is 0 Å². The molecule has 2 rings (SSSR count). The molecule has 2 aromatic rings. The number of aromatic amines is 1. The van der Waals surface area contributed by atoms with Crippen LogP contribution in [0.2, 0.25) is 0 Å². The van der Waals surface area contributed by atoms with E-state index in [0.29, 0.717) is 0 Å². The highest BCUT2D eigenvalue weighted by Crippen LogP contribution is 2.18. The van der Waals surface area contributed by atoms with Crippen molar-refractivity contribution in [3.05, 3.63) is 46.8 Å². The number of nitrogens with zero attached hydrogens (tertiary/aromatic N) is 1. The molecule has 3 nitrogen and oxygen atoms in total. The fourth-order valence-corrected chi connectivity index (χ4v) is 2.02. The average Bonchev–Trinajstić information content (AvgIpc) is 2.67. The highest BCUT2D eigenvalue weighted by Gasteiger charge is 2.06. The van der Waals surface area contributed by atoms with E-state index in [-0.39, 0.29) is 0 Å². The predicted octanol–water partition coefficient (Wildman–Crippen LogP) is 3.20. The summed E-state index contributed by atoms with van der Waals surface area (Å²) < 4.78 is 0. The number of H-pyrrole nitrogens is 1. The Kier molecular flexibility index (Phi) is 3.47. The molecule has 0 aliphatic heterocycles. The molecule has 17 heavy (non-hydrogen) atoms. The van der Waals surface area contributed by atoms with Crippen LogP contribution in [0, 0.1) is 13.8 Å². The molecule has 0 spiro atoms. The second-order valence-corrected chi connectivity index (χ2v) is 4.28. The fourth-order valence-electron chi connectivity index (χ4n) is 2.02. The second kappa shape index (κ2) is 5.04. The van der Waals surface area contributed by atoms with E-state index in [1.807, 2.05) is 6.92 Å². The van der Waals surface area contributed by atoms with E-state index >= 15 is 0 Å². The van der Waals surface area contributed by atoms with Gasteiger partial charge in [-0.3, -0.25) is 5.10 Å².